The van der Waals surface area contributed by atoms with Crippen LogP contribution in [0.5, 0.6) is 0 Å². The number of amides is 1. The largest absolute Gasteiger partial charge is 0.444 e. The number of rotatable bonds is 3. The minimum atomic E-state index is -0.427. The van der Waals surface area contributed by atoms with Crippen molar-refractivity contribution in [1.82, 2.24) is 10.2 Å². The second kappa shape index (κ2) is 7.39. The molecule has 2 fully saturated rings. The standard InChI is InChI=1S/C18H34N2O3/c1-14(19-18(5)8-11-22-12-9-18)15-7-6-10-20(13-15)16(21)23-17(2,3)4/h14-15,19H,6-13H2,1-5H3. The van der Waals surface area contributed by atoms with Crippen molar-refractivity contribution in [2.24, 2.45) is 5.92 Å². The maximum Gasteiger partial charge on any atom is 0.410 e. The predicted molar refractivity (Wildman–Crippen MR) is 91.6 cm³/mol. The summed E-state index contributed by atoms with van der Waals surface area (Å²) in [6.07, 6.45) is 4.15. The fraction of sp³-hybridized carbons (Fsp3) is 0.944. The Kier molecular flexibility index (Phi) is 5.95. The number of nitrogens with zero attached hydrogens (tertiary/aromatic N) is 1. The number of piperidine rings is 1. The van der Waals surface area contributed by atoms with Gasteiger partial charge in [0.2, 0.25) is 0 Å². The fourth-order valence-electron chi connectivity index (χ4n) is 3.54. The zero-order chi connectivity index (χ0) is 17.1. The topological polar surface area (TPSA) is 50.8 Å². The van der Waals surface area contributed by atoms with E-state index < -0.39 is 5.60 Å². The van der Waals surface area contributed by atoms with Crippen molar-refractivity contribution in [3.63, 3.8) is 0 Å². The number of likely N-dealkylation sites (tertiary alicyclic amines) is 1. The summed E-state index contributed by atoms with van der Waals surface area (Å²) in [6, 6.07) is 0.392. The molecule has 2 rings (SSSR count). The van der Waals surface area contributed by atoms with Crippen molar-refractivity contribution in [3.05, 3.63) is 0 Å². The molecule has 0 radical (unpaired) electrons. The molecule has 0 aromatic heterocycles. The Bertz CT molecular complexity index is 400. The van der Waals surface area contributed by atoms with Gasteiger partial charge in [0.25, 0.3) is 0 Å². The highest BCUT2D eigenvalue weighted by molar-refractivity contribution is 5.68. The van der Waals surface area contributed by atoms with Crippen molar-refractivity contribution in [1.29, 1.82) is 0 Å². The molecule has 5 heteroatoms. The number of ether oxygens (including phenoxy) is 2. The number of carbonyl (C=O) groups excluding carboxylic acids is 1. The summed E-state index contributed by atoms with van der Waals surface area (Å²) in [6.45, 7) is 13.6. The molecule has 0 aliphatic carbocycles. The third-order valence-corrected chi connectivity index (χ3v) is 4.99. The molecule has 2 aliphatic heterocycles. The van der Waals surface area contributed by atoms with Gasteiger partial charge in [-0.05, 0) is 66.2 Å². The van der Waals surface area contributed by atoms with Crippen LogP contribution >= 0.6 is 0 Å². The van der Waals surface area contributed by atoms with Crippen LogP contribution in [-0.2, 0) is 9.47 Å². The molecule has 0 aromatic rings. The molecular formula is C18H34N2O3. The van der Waals surface area contributed by atoms with Gasteiger partial charge in [0.15, 0.2) is 0 Å². The highest BCUT2D eigenvalue weighted by atomic mass is 16.6. The predicted octanol–water partition coefficient (Wildman–Crippen LogP) is 3.18. The first-order chi connectivity index (χ1) is 10.7. The minimum absolute atomic E-state index is 0.159. The molecule has 0 bridgehead atoms. The molecular weight excluding hydrogens is 292 g/mol. The maximum absolute atomic E-state index is 12.3. The molecule has 1 amide bonds. The highest BCUT2D eigenvalue weighted by Crippen LogP contribution is 2.26. The van der Waals surface area contributed by atoms with Gasteiger partial charge >= 0.3 is 6.09 Å². The number of hydrogen-bond donors (Lipinski definition) is 1. The summed E-state index contributed by atoms with van der Waals surface area (Å²) >= 11 is 0. The van der Waals surface area contributed by atoms with Crippen LogP contribution in [-0.4, -0.2) is 54.5 Å². The molecule has 5 nitrogen and oxygen atoms in total. The summed E-state index contributed by atoms with van der Waals surface area (Å²) in [5, 5.41) is 3.81. The Morgan fingerprint density at radius 2 is 2.00 bits per heavy atom. The Balaban J connectivity index is 1.88. The third kappa shape index (κ3) is 5.64. The summed E-state index contributed by atoms with van der Waals surface area (Å²) in [4.78, 5) is 14.2. The fourth-order valence-corrected chi connectivity index (χ4v) is 3.54. The van der Waals surface area contributed by atoms with Crippen LogP contribution < -0.4 is 5.32 Å². The van der Waals surface area contributed by atoms with Crippen molar-refractivity contribution >= 4 is 6.09 Å². The maximum atomic E-state index is 12.3. The number of carbonyl (C=O) groups is 1. The van der Waals surface area contributed by atoms with Crippen molar-refractivity contribution in [2.45, 2.75) is 77.5 Å². The van der Waals surface area contributed by atoms with E-state index in [1.807, 2.05) is 25.7 Å². The molecule has 2 heterocycles. The quantitative estimate of drug-likeness (QED) is 0.865. The van der Waals surface area contributed by atoms with Gasteiger partial charge in [0, 0.05) is 37.9 Å². The Morgan fingerprint density at radius 3 is 2.61 bits per heavy atom. The van der Waals surface area contributed by atoms with Crippen LogP contribution in [0.15, 0.2) is 0 Å². The monoisotopic (exact) mass is 326 g/mol. The molecule has 134 valence electrons. The van der Waals surface area contributed by atoms with E-state index in [1.165, 1.54) is 6.42 Å². The molecule has 2 saturated heterocycles. The van der Waals surface area contributed by atoms with Gasteiger partial charge in [-0.25, -0.2) is 4.79 Å². The normalized spacial score (nSPS) is 26.7. The molecule has 2 atom stereocenters. The molecule has 0 spiro atoms. The number of hydrogen-bond acceptors (Lipinski definition) is 4. The van der Waals surface area contributed by atoms with E-state index in [2.05, 4.69) is 19.2 Å². The molecule has 2 unspecified atom stereocenters. The Morgan fingerprint density at radius 1 is 1.35 bits per heavy atom. The summed E-state index contributed by atoms with van der Waals surface area (Å²) in [5.41, 5.74) is -0.269. The summed E-state index contributed by atoms with van der Waals surface area (Å²) in [7, 11) is 0. The Hall–Kier alpha value is -0.810. The summed E-state index contributed by atoms with van der Waals surface area (Å²) in [5.74, 6) is 0.482. The van der Waals surface area contributed by atoms with Crippen molar-refractivity contribution < 1.29 is 14.3 Å². The van der Waals surface area contributed by atoms with E-state index in [0.29, 0.717) is 12.0 Å². The van der Waals surface area contributed by atoms with E-state index in [4.69, 9.17) is 9.47 Å². The Labute approximate surface area is 141 Å². The molecule has 1 N–H and O–H groups in total. The van der Waals surface area contributed by atoms with Gasteiger partial charge in [-0.15, -0.1) is 0 Å². The van der Waals surface area contributed by atoms with E-state index in [9.17, 15) is 4.79 Å². The highest BCUT2D eigenvalue weighted by Gasteiger charge is 2.34. The SMILES string of the molecule is CC(NC1(C)CCOCC1)C1CCCN(C(=O)OC(C)(C)C)C1. The molecule has 23 heavy (non-hydrogen) atoms. The van der Waals surface area contributed by atoms with Crippen LogP contribution in [0.4, 0.5) is 4.79 Å². The minimum Gasteiger partial charge on any atom is -0.444 e. The third-order valence-electron chi connectivity index (χ3n) is 4.99. The number of nitrogens with one attached hydrogen (secondary N) is 1. The molecule has 2 aliphatic rings. The van der Waals surface area contributed by atoms with Crippen LogP contribution in [0.25, 0.3) is 0 Å². The lowest BCUT2D eigenvalue weighted by Gasteiger charge is -2.42. The van der Waals surface area contributed by atoms with E-state index in [-0.39, 0.29) is 11.6 Å². The molecule has 0 aromatic carbocycles. The zero-order valence-corrected chi connectivity index (χ0v) is 15.5. The van der Waals surface area contributed by atoms with Gasteiger partial charge in [0.1, 0.15) is 5.60 Å². The second-order valence-corrected chi connectivity index (χ2v) is 8.43. The average Bonchev–Trinajstić information content (AvgIpc) is 2.46. The first kappa shape index (κ1) is 18.5. The van der Waals surface area contributed by atoms with Gasteiger partial charge in [-0.2, -0.15) is 0 Å². The van der Waals surface area contributed by atoms with Gasteiger partial charge in [0.05, 0.1) is 0 Å². The van der Waals surface area contributed by atoms with Crippen LogP contribution in [0.1, 0.15) is 60.3 Å². The lowest BCUT2D eigenvalue weighted by Crippen LogP contribution is -2.55. The van der Waals surface area contributed by atoms with Gasteiger partial charge in [-0.1, -0.05) is 0 Å². The van der Waals surface area contributed by atoms with E-state index >= 15 is 0 Å². The van der Waals surface area contributed by atoms with E-state index in [0.717, 1.165) is 45.6 Å². The van der Waals surface area contributed by atoms with Crippen molar-refractivity contribution in [2.75, 3.05) is 26.3 Å². The second-order valence-electron chi connectivity index (χ2n) is 8.43. The first-order valence-corrected chi connectivity index (χ1v) is 9.02. The molecule has 0 saturated carbocycles. The van der Waals surface area contributed by atoms with Gasteiger partial charge < -0.3 is 19.7 Å². The van der Waals surface area contributed by atoms with Crippen molar-refractivity contribution in [3.8, 4) is 0 Å². The first-order valence-electron chi connectivity index (χ1n) is 9.02. The lowest BCUT2D eigenvalue weighted by atomic mass is 9.86. The van der Waals surface area contributed by atoms with Gasteiger partial charge in [-0.3, -0.25) is 0 Å². The average molecular weight is 326 g/mol. The summed E-state index contributed by atoms with van der Waals surface area (Å²) < 4.78 is 11.0. The van der Waals surface area contributed by atoms with E-state index in [1.54, 1.807) is 0 Å². The zero-order valence-electron chi connectivity index (χ0n) is 15.5. The van der Waals surface area contributed by atoms with Crippen LogP contribution in [0.2, 0.25) is 0 Å². The smallest absolute Gasteiger partial charge is 0.410 e. The lowest BCUT2D eigenvalue weighted by molar-refractivity contribution is 0.0108. The van der Waals surface area contributed by atoms with Crippen LogP contribution in [0.3, 0.4) is 0 Å². The van der Waals surface area contributed by atoms with Crippen LogP contribution in [0, 0.1) is 5.92 Å².